The minimum Gasteiger partial charge on any atom is -0.477 e. The second-order valence-electron chi connectivity index (χ2n) is 4.14. The van der Waals surface area contributed by atoms with Crippen LogP contribution in [0, 0.1) is 0 Å². The Balaban J connectivity index is 2.27. The molecule has 94 valence electrons. The molecule has 1 aromatic heterocycles. The van der Waals surface area contributed by atoms with Crippen molar-refractivity contribution >= 4 is 27.4 Å². The van der Waals surface area contributed by atoms with Crippen molar-refractivity contribution in [2.24, 2.45) is 0 Å². The van der Waals surface area contributed by atoms with E-state index in [1.54, 1.807) is 10.8 Å². The highest BCUT2D eigenvalue weighted by Crippen LogP contribution is 2.28. The standard InChI is InChI=1S/C10H12ClNO4S/c11-7-5-9(10(13)14)12(6-7)8-1-3-17(15,16)4-2-8/h5-6,8H,1-4H2,(H,13,14). The number of hydrogen-bond donors (Lipinski definition) is 1. The molecule has 2 heterocycles. The number of nitrogens with zero attached hydrogens (tertiary/aromatic N) is 1. The van der Waals surface area contributed by atoms with Crippen LogP contribution in [0.2, 0.25) is 5.02 Å². The summed E-state index contributed by atoms with van der Waals surface area (Å²) in [5.74, 6) is -0.843. The number of rotatable bonds is 2. The van der Waals surface area contributed by atoms with Crippen LogP contribution in [0.1, 0.15) is 29.4 Å². The minimum absolute atomic E-state index is 0.0999. The molecule has 5 nitrogen and oxygen atoms in total. The highest BCUT2D eigenvalue weighted by atomic mass is 35.5. The molecule has 0 bridgehead atoms. The zero-order valence-electron chi connectivity index (χ0n) is 8.97. The van der Waals surface area contributed by atoms with Gasteiger partial charge in [-0.3, -0.25) is 0 Å². The van der Waals surface area contributed by atoms with E-state index in [1.807, 2.05) is 0 Å². The molecule has 1 fully saturated rings. The van der Waals surface area contributed by atoms with Gasteiger partial charge < -0.3 is 9.67 Å². The highest BCUT2D eigenvalue weighted by Gasteiger charge is 2.27. The Bertz CT molecular complexity index is 535. The van der Waals surface area contributed by atoms with Crippen molar-refractivity contribution in [1.29, 1.82) is 0 Å². The van der Waals surface area contributed by atoms with Gasteiger partial charge in [-0.1, -0.05) is 11.6 Å². The number of halogens is 1. The van der Waals surface area contributed by atoms with E-state index < -0.39 is 15.8 Å². The normalized spacial score (nSPS) is 20.3. The fraction of sp³-hybridized carbons (Fsp3) is 0.500. The highest BCUT2D eigenvalue weighted by molar-refractivity contribution is 7.91. The van der Waals surface area contributed by atoms with Gasteiger partial charge in [-0.05, 0) is 18.9 Å². The monoisotopic (exact) mass is 277 g/mol. The maximum absolute atomic E-state index is 11.3. The smallest absolute Gasteiger partial charge is 0.352 e. The molecule has 2 rings (SSSR count). The predicted molar refractivity (Wildman–Crippen MR) is 63.3 cm³/mol. The Morgan fingerprint density at radius 1 is 1.41 bits per heavy atom. The zero-order valence-corrected chi connectivity index (χ0v) is 10.5. The molecule has 0 unspecified atom stereocenters. The number of aromatic nitrogens is 1. The zero-order chi connectivity index (χ0) is 12.6. The minimum atomic E-state index is -2.94. The summed E-state index contributed by atoms with van der Waals surface area (Å²) in [5, 5.41) is 9.37. The number of aromatic carboxylic acids is 1. The molecule has 1 aliphatic rings. The molecule has 0 saturated carbocycles. The first-order valence-electron chi connectivity index (χ1n) is 5.20. The summed E-state index contributed by atoms with van der Waals surface area (Å²) in [6, 6.07) is 1.28. The number of carbonyl (C=O) groups is 1. The summed E-state index contributed by atoms with van der Waals surface area (Å²) in [4.78, 5) is 11.0. The van der Waals surface area contributed by atoms with Gasteiger partial charge in [0.05, 0.1) is 16.5 Å². The Morgan fingerprint density at radius 2 is 2.00 bits per heavy atom. The Labute approximate surface area is 104 Å². The first-order chi connectivity index (χ1) is 7.89. The van der Waals surface area contributed by atoms with Crippen LogP contribution in [0.3, 0.4) is 0 Å². The van der Waals surface area contributed by atoms with Crippen LogP contribution >= 0.6 is 11.6 Å². The third-order valence-electron chi connectivity index (χ3n) is 2.95. The van der Waals surface area contributed by atoms with Crippen molar-refractivity contribution in [2.45, 2.75) is 18.9 Å². The van der Waals surface area contributed by atoms with E-state index >= 15 is 0 Å². The van der Waals surface area contributed by atoms with Gasteiger partial charge in [0, 0.05) is 12.2 Å². The van der Waals surface area contributed by atoms with Crippen LogP contribution in [-0.4, -0.2) is 35.6 Å². The molecule has 0 spiro atoms. The van der Waals surface area contributed by atoms with Crippen LogP contribution in [-0.2, 0) is 9.84 Å². The van der Waals surface area contributed by atoms with Gasteiger partial charge in [0.2, 0.25) is 0 Å². The molecule has 0 aromatic carbocycles. The van der Waals surface area contributed by atoms with Crippen LogP contribution in [0.5, 0.6) is 0 Å². The summed E-state index contributed by atoms with van der Waals surface area (Å²) < 4.78 is 24.2. The average molecular weight is 278 g/mol. The summed E-state index contributed by atoms with van der Waals surface area (Å²) in [6.07, 6.45) is 2.43. The molecule has 0 atom stereocenters. The van der Waals surface area contributed by atoms with Gasteiger partial charge in [0.15, 0.2) is 0 Å². The molecule has 0 radical (unpaired) electrons. The molecule has 0 aliphatic carbocycles. The first kappa shape index (κ1) is 12.4. The second kappa shape index (κ2) is 4.34. The molecule has 7 heteroatoms. The van der Waals surface area contributed by atoms with E-state index in [4.69, 9.17) is 16.7 Å². The maximum Gasteiger partial charge on any atom is 0.352 e. The lowest BCUT2D eigenvalue weighted by molar-refractivity contribution is 0.0682. The van der Waals surface area contributed by atoms with E-state index in [-0.39, 0.29) is 23.2 Å². The first-order valence-corrected chi connectivity index (χ1v) is 7.40. The van der Waals surface area contributed by atoms with Gasteiger partial charge in [-0.2, -0.15) is 0 Å². The van der Waals surface area contributed by atoms with Crippen molar-refractivity contribution < 1.29 is 18.3 Å². The van der Waals surface area contributed by atoms with Gasteiger partial charge in [-0.25, -0.2) is 13.2 Å². The van der Waals surface area contributed by atoms with Crippen molar-refractivity contribution in [3.63, 3.8) is 0 Å². The number of hydrogen-bond acceptors (Lipinski definition) is 3. The van der Waals surface area contributed by atoms with E-state index in [1.165, 1.54) is 6.07 Å². The summed E-state index contributed by atoms with van der Waals surface area (Å²) in [5.41, 5.74) is 0.110. The molecular formula is C10H12ClNO4S. The third kappa shape index (κ3) is 2.63. The van der Waals surface area contributed by atoms with Crippen LogP contribution in [0.4, 0.5) is 0 Å². The van der Waals surface area contributed by atoms with Gasteiger partial charge in [-0.15, -0.1) is 0 Å². The van der Waals surface area contributed by atoms with E-state index in [2.05, 4.69) is 0 Å². The van der Waals surface area contributed by atoms with Crippen molar-refractivity contribution in [3.8, 4) is 0 Å². The van der Waals surface area contributed by atoms with Gasteiger partial charge in [0.1, 0.15) is 15.5 Å². The lowest BCUT2D eigenvalue weighted by Gasteiger charge is -2.24. The summed E-state index contributed by atoms with van der Waals surface area (Å²) in [7, 11) is -2.94. The molecule has 1 aliphatic heterocycles. The van der Waals surface area contributed by atoms with Crippen molar-refractivity contribution in [1.82, 2.24) is 4.57 Å². The molecule has 0 amide bonds. The number of carboxylic acid groups (broad SMARTS) is 1. The van der Waals surface area contributed by atoms with Crippen LogP contribution in [0.15, 0.2) is 12.3 Å². The van der Waals surface area contributed by atoms with E-state index in [0.717, 1.165) is 0 Å². The molecule has 17 heavy (non-hydrogen) atoms. The fourth-order valence-electron chi connectivity index (χ4n) is 2.07. The SMILES string of the molecule is O=C(O)c1cc(Cl)cn1C1CCS(=O)(=O)CC1. The molecular weight excluding hydrogens is 266 g/mol. The van der Waals surface area contributed by atoms with Gasteiger partial charge in [0.25, 0.3) is 0 Å². The molecule has 1 saturated heterocycles. The van der Waals surface area contributed by atoms with Crippen molar-refractivity contribution in [3.05, 3.63) is 23.0 Å². The van der Waals surface area contributed by atoms with Crippen LogP contribution in [0.25, 0.3) is 0 Å². The second-order valence-corrected chi connectivity index (χ2v) is 6.88. The van der Waals surface area contributed by atoms with E-state index in [9.17, 15) is 13.2 Å². The molecule has 1 N–H and O–H groups in total. The van der Waals surface area contributed by atoms with Gasteiger partial charge >= 0.3 is 5.97 Å². The summed E-state index contributed by atoms with van der Waals surface area (Å²) >= 11 is 5.78. The fourth-order valence-corrected chi connectivity index (χ4v) is 3.75. The van der Waals surface area contributed by atoms with E-state index in [0.29, 0.717) is 17.9 Å². The Hall–Kier alpha value is -1.01. The topological polar surface area (TPSA) is 76.4 Å². The van der Waals surface area contributed by atoms with Crippen LogP contribution < -0.4 is 0 Å². The Morgan fingerprint density at radius 3 is 2.53 bits per heavy atom. The average Bonchev–Trinajstić information content (AvgIpc) is 2.60. The molecule has 1 aromatic rings. The lowest BCUT2D eigenvalue weighted by atomic mass is 10.1. The lowest BCUT2D eigenvalue weighted by Crippen LogP contribution is -2.26. The predicted octanol–water partition coefficient (Wildman–Crippen LogP) is 1.59. The Kier molecular flexibility index (Phi) is 3.18. The quantitative estimate of drug-likeness (QED) is 0.891. The van der Waals surface area contributed by atoms with Crippen molar-refractivity contribution in [2.75, 3.05) is 11.5 Å². The maximum atomic E-state index is 11.3. The summed E-state index contributed by atoms with van der Waals surface area (Å²) in [6.45, 7) is 0. The number of carboxylic acids is 1. The largest absolute Gasteiger partial charge is 0.477 e. The number of sulfone groups is 1. The third-order valence-corrected chi connectivity index (χ3v) is 4.87.